The van der Waals surface area contributed by atoms with Gasteiger partial charge in [0.15, 0.2) is 5.16 Å². The zero-order valence-electron chi connectivity index (χ0n) is 16.3. The zero-order valence-corrected chi connectivity index (χ0v) is 17.9. The highest BCUT2D eigenvalue weighted by Crippen LogP contribution is 2.26. The summed E-state index contributed by atoms with van der Waals surface area (Å²) in [6.07, 6.45) is 1.79. The van der Waals surface area contributed by atoms with E-state index >= 15 is 0 Å². The fourth-order valence-corrected chi connectivity index (χ4v) is 4.36. The number of nitrogens with two attached hydrogens (primary N) is 1. The third-order valence-electron chi connectivity index (χ3n) is 4.33. The van der Waals surface area contributed by atoms with Crippen LogP contribution in [-0.4, -0.2) is 25.8 Å². The number of nitrogens with zero attached hydrogens (tertiary/aromatic N) is 4. The van der Waals surface area contributed by atoms with Gasteiger partial charge in [-0.05, 0) is 12.5 Å². The molecular formula is C21H20N6OS2. The Morgan fingerprint density at radius 3 is 2.67 bits per heavy atom. The minimum Gasteiger partial charge on any atom is -0.346 e. The van der Waals surface area contributed by atoms with Crippen molar-refractivity contribution in [3.63, 3.8) is 0 Å². The molecule has 4 rings (SSSR count). The van der Waals surface area contributed by atoms with Crippen LogP contribution in [0.3, 0.4) is 0 Å². The average molecular weight is 437 g/mol. The van der Waals surface area contributed by atoms with E-state index in [1.807, 2.05) is 61.5 Å². The molecule has 0 aliphatic carbocycles. The molecule has 0 fully saturated rings. The summed E-state index contributed by atoms with van der Waals surface area (Å²) in [5.74, 6) is 6.34. The molecule has 9 heteroatoms. The Kier molecular flexibility index (Phi) is 6.10. The van der Waals surface area contributed by atoms with Crippen LogP contribution in [0.2, 0.25) is 0 Å². The first-order chi connectivity index (χ1) is 14.6. The van der Waals surface area contributed by atoms with Gasteiger partial charge in [0.1, 0.15) is 5.01 Å². The van der Waals surface area contributed by atoms with E-state index in [1.54, 1.807) is 6.20 Å². The molecule has 0 bridgehead atoms. The molecule has 0 atom stereocenters. The Morgan fingerprint density at radius 1 is 1.13 bits per heavy atom. The summed E-state index contributed by atoms with van der Waals surface area (Å²) in [6, 6.07) is 17.9. The number of carbonyl (C=O) groups excluding carboxylic acids is 1. The average Bonchev–Trinajstić information content (AvgIpc) is 3.39. The van der Waals surface area contributed by atoms with Crippen molar-refractivity contribution in [2.75, 3.05) is 5.84 Å². The molecule has 0 saturated carbocycles. The third-order valence-corrected chi connectivity index (χ3v) is 6.41. The Balaban J connectivity index is 1.34. The van der Waals surface area contributed by atoms with Gasteiger partial charge >= 0.3 is 0 Å². The molecule has 0 radical (unpaired) electrons. The summed E-state index contributed by atoms with van der Waals surface area (Å²) in [7, 11) is 0. The van der Waals surface area contributed by atoms with Crippen molar-refractivity contribution in [1.82, 2.24) is 25.2 Å². The number of imidazole rings is 1. The largest absolute Gasteiger partial charge is 0.346 e. The van der Waals surface area contributed by atoms with Crippen molar-refractivity contribution in [2.24, 2.45) is 0 Å². The van der Waals surface area contributed by atoms with Crippen molar-refractivity contribution in [1.29, 1.82) is 0 Å². The van der Waals surface area contributed by atoms with Gasteiger partial charge in [0.2, 0.25) is 5.01 Å². The van der Waals surface area contributed by atoms with Crippen LogP contribution in [0, 0.1) is 6.92 Å². The maximum atomic E-state index is 12.3. The minimum absolute atomic E-state index is 0.226. The van der Waals surface area contributed by atoms with E-state index < -0.39 is 0 Å². The predicted octanol–water partition coefficient (Wildman–Crippen LogP) is 3.65. The van der Waals surface area contributed by atoms with Gasteiger partial charge in [0.25, 0.3) is 5.91 Å². The highest BCUT2D eigenvalue weighted by molar-refractivity contribution is 7.98. The van der Waals surface area contributed by atoms with Crippen molar-refractivity contribution >= 4 is 29.0 Å². The number of carbonyl (C=O) groups is 1. The first-order valence-corrected chi connectivity index (χ1v) is 11.1. The van der Waals surface area contributed by atoms with Gasteiger partial charge in [-0.1, -0.05) is 83.3 Å². The van der Waals surface area contributed by atoms with E-state index in [0.29, 0.717) is 22.5 Å². The number of nitrogens with one attached hydrogen (secondary N) is 1. The second-order valence-corrected chi connectivity index (χ2v) is 8.64. The topological polar surface area (TPSA) is 98.7 Å². The lowest BCUT2D eigenvalue weighted by Crippen LogP contribution is -2.22. The molecule has 0 unspecified atom stereocenters. The van der Waals surface area contributed by atoms with E-state index in [9.17, 15) is 4.79 Å². The minimum atomic E-state index is -0.226. The van der Waals surface area contributed by atoms with Crippen LogP contribution < -0.4 is 11.2 Å². The fourth-order valence-electron chi connectivity index (χ4n) is 2.73. The third kappa shape index (κ3) is 4.87. The number of nitrogen functional groups attached to an aromatic ring is 1. The smallest absolute Gasteiger partial charge is 0.282 e. The Bertz CT molecular complexity index is 1140. The number of amides is 1. The summed E-state index contributed by atoms with van der Waals surface area (Å²) in [5.41, 5.74) is 4.05. The molecule has 30 heavy (non-hydrogen) atoms. The van der Waals surface area contributed by atoms with Gasteiger partial charge in [0.05, 0.1) is 17.6 Å². The van der Waals surface area contributed by atoms with Crippen LogP contribution in [0.25, 0.3) is 11.3 Å². The standard InChI is InChI=1S/C21H20N6OS2/c1-14-7-9-15(10-8-14)11-23-19(28)20-26-25-18(30-20)13-29-21-24-17(12-27(21)22)16-5-3-2-4-6-16/h2-10,12H,11,13,22H2,1H3,(H,23,28). The van der Waals surface area contributed by atoms with E-state index in [4.69, 9.17) is 5.84 Å². The van der Waals surface area contributed by atoms with Crippen LogP contribution in [0.5, 0.6) is 0 Å². The maximum Gasteiger partial charge on any atom is 0.282 e. The zero-order chi connectivity index (χ0) is 20.9. The van der Waals surface area contributed by atoms with Gasteiger partial charge < -0.3 is 11.2 Å². The van der Waals surface area contributed by atoms with E-state index in [-0.39, 0.29) is 5.91 Å². The number of aryl methyl sites for hydroxylation is 1. The van der Waals surface area contributed by atoms with Crippen LogP contribution in [0.1, 0.15) is 25.9 Å². The molecule has 2 aromatic heterocycles. The Labute approximate surface area is 182 Å². The highest BCUT2D eigenvalue weighted by atomic mass is 32.2. The molecule has 2 heterocycles. The monoisotopic (exact) mass is 436 g/mol. The molecule has 0 saturated heterocycles. The summed E-state index contributed by atoms with van der Waals surface area (Å²) in [6.45, 7) is 2.48. The maximum absolute atomic E-state index is 12.3. The molecule has 4 aromatic rings. The molecule has 3 N–H and O–H groups in total. The van der Waals surface area contributed by atoms with Crippen molar-refractivity contribution in [3.05, 3.63) is 81.9 Å². The van der Waals surface area contributed by atoms with Crippen LogP contribution in [-0.2, 0) is 12.3 Å². The lowest BCUT2D eigenvalue weighted by atomic mass is 10.1. The van der Waals surface area contributed by atoms with Crippen LogP contribution >= 0.6 is 23.1 Å². The van der Waals surface area contributed by atoms with Crippen LogP contribution in [0.15, 0.2) is 66.0 Å². The second-order valence-electron chi connectivity index (χ2n) is 6.64. The van der Waals surface area contributed by atoms with Gasteiger partial charge in [-0.3, -0.25) is 4.79 Å². The van der Waals surface area contributed by atoms with Gasteiger partial charge in [-0.15, -0.1) is 10.2 Å². The lowest BCUT2D eigenvalue weighted by Gasteiger charge is -2.03. The number of rotatable bonds is 7. The molecule has 0 spiro atoms. The van der Waals surface area contributed by atoms with Gasteiger partial charge in [-0.25, -0.2) is 9.66 Å². The fraction of sp³-hybridized carbons (Fsp3) is 0.143. The molecule has 7 nitrogen and oxygen atoms in total. The number of benzene rings is 2. The van der Waals surface area contributed by atoms with Gasteiger partial charge in [-0.2, -0.15) is 0 Å². The highest BCUT2D eigenvalue weighted by Gasteiger charge is 2.14. The lowest BCUT2D eigenvalue weighted by molar-refractivity contribution is 0.0950. The molecule has 0 aliphatic heterocycles. The molecule has 0 aliphatic rings. The SMILES string of the molecule is Cc1ccc(CNC(=O)c2nnc(CSc3nc(-c4ccccc4)cn3N)s2)cc1. The van der Waals surface area contributed by atoms with E-state index in [2.05, 4.69) is 20.5 Å². The number of hydrogen-bond donors (Lipinski definition) is 2. The number of thioether (sulfide) groups is 1. The molecule has 152 valence electrons. The molecule has 1 amide bonds. The van der Waals surface area contributed by atoms with Crippen molar-refractivity contribution in [3.8, 4) is 11.3 Å². The normalized spacial score (nSPS) is 10.8. The van der Waals surface area contributed by atoms with E-state index in [0.717, 1.165) is 21.8 Å². The summed E-state index contributed by atoms with van der Waals surface area (Å²) < 4.78 is 1.50. The van der Waals surface area contributed by atoms with Crippen molar-refractivity contribution in [2.45, 2.75) is 24.4 Å². The summed E-state index contributed by atoms with van der Waals surface area (Å²) >= 11 is 2.73. The molecule has 2 aromatic carbocycles. The van der Waals surface area contributed by atoms with Gasteiger partial charge in [0, 0.05) is 12.1 Å². The van der Waals surface area contributed by atoms with E-state index in [1.165, 1.54) is 33.3 Å². The van der Waals surface area contributed by atoms with Crippen LogP contribution in [0.4, 0.5) is 0 Å². The molecular weight excluding hydrogens is 416 g/mol. The quantitative estimate of drug-likeness (QED) is 0.339. The second kappa shape index (κ2) is 9.10. The Morgan fingerprint density at radius 2 is 1.90 bits per heavy atom. The summed E-state index contributed by atoms with van der Waals surface area (Å²) in [5, 5.41) is 12.8. The summed E-state index contributed by atoms with van der Waals surface area (Å²) in [4.78, 5) is 16.9. The first-order valence-electron chi connectivity index (χ1n) is 9.27. The first kappa shape index (κ1) is 20.1. The Hall–Kier alpha value is -3.17. The number of hydrogen-bond acceptors (Lipinski definition) is 7. The van der Waals surface area contributed by atoms with Crippen molar-refractivity contribution < 1.29 is 4.79 Å². The predicted molar refractivity (Wildman–Crippen MR) is 120 cm³/mol. The number of aromatic nitrogens is 4.